The van der Waals surface area contributed by atoms with E-state index in [0.29, 0.717) is 0 Å². The summed E-state index contributed by atoms with van der Waals surface area (Å²) in [5.74, 6) is 3.57. The molecule has 0 fully saturated rings. The van der Waals surface area contributed by atoms with Gasteiger partial charge in [0.2, 0.25) is 0 Å². The standard InChI is InChI=1S/C16H15N3/c1-3-12-4-6-13(7-5-12)15-10-18-16(19-15)14-8-11(2)9-17-14/h1,4-8,10,14,17H,9H2,2H3,(H,18,19). The second-order valence-electron chi connectivity index (χ2n) is 4.78. The molecule has 0 bridgehead atoms. The zero-order valence-electron chi connectivity index (χ0n) is 10.8. The van der Waals surface area contributed by atoms with E-state index < -0.39 is 0 Å². The van der Waals surface area contributed by atoms with Gasteiger partial charge < -0.3 is 10.3 Å². The Kier molecular flexibility index (Phi) is 2.94. The highest BCUT2D eigenvalue weighted by molar-refractivity contribution is 5.60. The van der Waals surface area contributed by atoms with E-state index in [1.165, 1.54) is 5.57 Å². The van der Waals surface area contributed by atoms with E-state index >= 15 is 0 Å². The molecular formula is C16H15N3. The van der Waals surface area contributed by atoms with E-state index in [4.69, 9.17) is 6.42 Å². The van der Waals surface area contributed by atoms with Gasteiger partial charge in [-0.05, 0) is 24.6 Å². The molecule has 0 saturated carbocycles. The average molecular weight is 249 g/mol. The van der Waals surface area contributed by atoms with Crippen molar-refractivity contribution in [3.63, 3.8) is 0 Å². The molecule has 1 aliphatic heterocycles. The highest BCUT2D eigenvalue weighted by atomic mass is 15.0. The minimum Gasteiger partial charge on any atom is -0.340 e. The fourth-order valence-corrected chi connectivity index (χ4v) is 2.24. The molecule has 0 aliphatic carbocycles. The number of nitrogens with one attached hydrogen (secondary N) is 2. The van der Waals surface area contributed by atoms with Gasteiger partial charge in [0.25, 0.3) is 0 Å². The smallest absolute Gasteiger partial charge is 0.127 e. The third kappa shape index (κ3) is 2.31. The molecule has 0 radical (unpaired) electrons. The van der Waals surface area contributed by atoms with Crippen molar-refractivity contribution in [3.8, 4) is 23.6 Å². The van der Waals surface area contributed by atoms with Crippen LogP contribution in [0.4, 0.5) is 0 Å². The van der Waals surface area contributed by atoms with Crippen LogP contribution in [0.15, 0.2) is 42.1 Å². The third-order valence-corrected chi connectivity index (χ3v) is 3.30. The Labute approximate surface area is 112 Å². The Bertz CT molecular complexity index is 656. The maximum atomic E-state index is 5.35. The Morgan fingerprint density at radius 2 is 2.11 bits per heavy atom. The fourth-order valence-electron chi connectivity index (χ4n) is 2.24. The summed E-state index contributed by atoms with van der Waals surface area (Å²) in [7, 11) is 0. The van der Waals surface area contributed by atoms with Crippen LogP contribution in [-0.4, -0.2) is 16.5 Å². The highest BCUT2D eigenvalue weighted by Crippen LogP contribution is 2.22. The van der Waals surface area contributed by atoms with Crippen LogP contribution in [0.1, 0.15) is 24.4 Å². The first-order valence-corrected chi connectivity index (χ1v) is 6.29. The lowest BCUT2D eigenvalue weighted by molar-refractivity contribution is 0.673. The number of hydrogen-bond donors (Lipinski definition) is 2. The second-order valence-corrected chi connectivity index (χ2v) is 4.78. The van der Waals surface area contributed by atoms with Crippen LogP contribution in [-0.2, 0) is 0 Å². The molecule has 0 spiro atoms. The largest absolute Gasteiger partial charge is 0.340 e. The molecule has 1 atom stereocenters. The predicted octanol–water partition coefficient (Wildman–Crippen LogP) is 2.65. The quantitative estimate of drug-likeness (QED) is 0.634. The lowest BCUT2D eigenvalue weighted by atomic mass is 10.1. The number of imidazole rings is 1. The maximum absolute atomic E-state index is 5.35. The van der Waals surface area contributed by atoms with E-state index in [-0.39, 0.29) is 6.04 Å². The molecule has 2 N–H and O–H groups in total. The molecule has 3 rings (SSSR count). The summed E-state index contributed by atoms with van der Waals surface area (Å²) < 4.78 is 0. The number of nitrogens with zero attached hydrogens (tertiary/aromatic N) is 1. The summed E-state index contributed by atoms with van der Waals surface area (Å²) in [4.78, 5) is 7.81. The second kappa shape index (κ2) is 4.75. The minimum atomic E-state index is 0.193. The predicted molar refractivity (Wildman–Crippen MR) is 76.5 cm³/mol. The summed E-state index contributed by atoms with van der Waals surface area (Å²) in [6.07, 6.45) is 9.42. The van der Waals surface area contributed by atoms with Crippen molar-refractivity contribution in [2.45, 2.75) is 13.0 Å². The number of rotatable bonds is 2. The maximum Gasteiger partial charge on any atom is 0.127 e. The molecule has 94 valence electrons. The molecule has 1 unspecified atom stereocenters. The van der Waals surface area contributed by atoms with Gasteiger partial charge in [-0.15, -0.1) is 6.42 Å². The molecule has 1 aromatic heterocycles. The van der Waals surface area contributed by atoms with Crippen molar-refractivity contribution in [1.82, 2.24) is 15.3 Å². The molecule has 0 saturated heterocycles. The number of aromatic nitrogens is 2. The van der Waals surface area contributed by atoms with Crippen LogP contribution in [0, 0.1) is 12.3 Å². The highest BCUT2D eigenvalue weighted by Gasteiger charge is 2.17. The average Bonchev–Trinajstić information content (AvgIpc) is 3.07. The van der Waals surface area contributed by atoms with Crippen LogP contribution in [0.25, 0.3) is 11.3 Å². The first-order valence-electron chi connectivity index (χ1n) is 6.29. The van der Waals surface area contributed by atoms with Crippen molar-refractivity contribution < 1.29 is 0 Å². The molecule has 1 aliphatic rings. The van der Waals surface area contributed by atoms with Crippen LogP contribution in [0.5, 0.6) is 0 Å². The molecule has 1 aromatic carbocycles. The van der Waals surface area contributed by atoms with Crippen molar-refractivity contribution in [2.24, 2.45) is 0 Å². The van der Waals surface area contributed by atoms with E-state index in [1.54, 1.807) is 0 Å². The molecule has 0 amide bonds. The first-order chi connectivity index (χ1) is 9.26. The van der Waals surface area contributed by atoms with Crippen molar-refractivity contribution in [1.29, 1.82) is 0 Å². The number of aromatic amines is 1. The molecule has 3 nitrogen and oxygen atoms in total. The van der Waals surface area contributed by atoms with Gasteiger partial charge >= 0.3 is 0 Å². The Morgan fingerprint density at radius 3 is 2.74 bits per heavy atom. The van der Waals surface area contributed by atoms with Gasteiger partial charge in [-0.2, -0.15) is 0 Å². The lowest BCUT2D eigenvalue weighted by Crippen LogP contribution is -2.15. The SMILES string of the molecule is C#Cc1ccc(-c2cnc(C3C=C(C)CN3)[nH]2)cc1. The number of terminal acetylenes is 1. The molecular weight excluding hydrogens is 234 g/mol. The fraction of sp³-hybridized carbons (Fsp3) is 0.188. The molecule has 19 heavy (non-hydrogen) atoms. The van der Waals surface area contributed by atoms with Gasteiger partial charge in [0.1, 0.15) is 5.82 Å². The van der Waals surface area contributed by atoms with Crippen LogP contribution < -0.4 is 5.32 Å². The van der Waals surface area contributed by atoms with Gasteiger partial charge in [-0.3, -0.25) is 0 Å². The van der Waals surface area contributed by atoms with Crippen LogP contribution in [0.3, 0.4) is 0 Å². The van der Waals surface area contributed by atoms with E-state index in [1.807, 2.05) is 30.5 Å². The summed E-state index contributed by atoms with van der Waals surface area (Å²) in [6, 6.07) is 8.09. The van der Waals surface area contributed by atoms with E-state index in [2.05, 4.69) is 34.2 Å². The van der Waals surface area contributed by atoms with Crippen molar-refractivity contribution in [2.75, 3.05) is 6.54 Å². The number of H-pyrrole nitrogens is 1. The lowest BCUT2D eigenvalue weighted by Gasteiger charge is -2.04. The van der Waals surface area contributed by atoms with E-state index in [0.717, 1.165) is 29.2 Å². The summed E-state index contributed by atoms with van der Waals surface area (Å²) in [5, 5.41) is 3.39. The summed E-state index contributed by atoms with van der Waals surface area (Å²) in [5.41, 5.74) is 4.34. The monoisotopic (exact) mass is 249 g/mol. The molecule has 2 heterocycles. The van der Waals surface area contributed by atoms with Crippen molar-refractivity contribution >= 4 is 0 Å². The normalized spacial score (nSPS) is 18.1. The van der Waals surface area contributed by atoms with Crippen molar-refractivity contribution in [3.05, 3.63) is 53.5 Å². The summed E-state index contributed by atoms with van der Waals surface area (Å²) >= 11 is 0. The van der Waals surface area contributed by atoms with Gasteiger partial charge in [-0.1, -0.05) is 29.7 Å². The molecule has 3 heteroatoms. The third-order valence-electron chi connectivity index (χ3n) is 3.30. The zero-order valence-corrected chi connectivity index (χ0v) is 10.8. The van der Waals surface area contributed by atoms with Crippen LogP contribution >= 0.6 is 0 Å². The Hall–Kier alpha value is -2.31. The Morgan fingerprint density at radius 1 is 1.32 bits per heavy atom. The van der Waals surface area contributed by atoms with Gasteiger partial charge in [0.05, 0.1) is 17.9 Å². The zero-order chi connectivity index (χ0) is 13.2. The van der Waals surface area contributed by atoms with Gasteiger partial charge in [0, 0.05) is 12.1 Å². The Balaban J connectivity index is 1.86. The number of benzene rings is 1. The first kappa shape index (κ1) is 11.8. The van der Waals surface area contributed by atoms with Crippen LogP contribution in [0.2, 0.25) is 0 Å². The van der Waals surface area contributed by atoms with Gasteiger partial charge in [0.15, 0.2) is 0 Å². The molecule has 2 aromatic rings. The summed E-state index contributed by atoms with van der Waals surface area (Å²) in [6.45, 7) is 3.05. The van der Waals surface area contributed by atoms with Gasteiger partial charge in [-0.25, -0.2) is 4.98 Å². The minimum absolute atomic E-state index is 0.193. The topological polar surface area (TPSA) is 40.7 Å². The van der Waals surface area contributed by atoms with E-state index in [9.17, 15) is 0 Å². The number of hydrogen-bond acceptors (Lipinski definition) is 2.